The smallest absolute Gasteiger partial charge is 0.191 e. The number of ether oxygens (including phenoxy) is 1. The van der Waals surface area contributed by atoms with Crippen LogP contribution >= 0.6 is 35.3 Å². The minimum atomic E-state index is 0. The molecule has 0 saturated heterocycles. The van der Waals surface area contributed by atoms with Crippen LogP contribution in [-0.4, -0.2) is 25.7 Å². The van der Waals surface area contributed by atoms with Gasteiger partial charge in [-0.25, -0.2) is 0 Å². The molecule has 2 rings (SSSR count). The van der Waals surface area contributed by atoms with E-state index in [-0.39, 0.29) is 30.1 Å². The third-order valence-corrected chi connectivity index (χ3v) is 4.45. The van der Waals surface area contributed by atoms with Crippen molar-refractivity contribution in [2.75, 3.05) is 13.6 Å². The summed E-state index contributed by atoms with van der Waals surface area (Å²) in [6, 6.07) is 12.6. The molecule has 0 aliphatic heterocycles. The Labute approximate surface area is 172 Å². The molecular weight excluding hydrogens is 445 g/mol. The Morgan fingerprint density at radius 2 is 1.84 bits per heavy atom. The predicted octanol–water partition coefficient (Wildman–Crippen LogP) is 4.37. The van der Waals surface area contributed by atoms with Gasteiger partial charge in [0.25, 0.3) is 0 Å². The molecule has 0 spiro atoms. The normalized spacial score (nSPS) is 11.2. The molecule has 6 heteroatoms. The van der Waals surface area contributed by atoms with E-state index in [4.69, 9.17) is 4.74 Å². The lowest BCUT2D eigenvalue weighted by molar-refractivity contribution is 0.242. The van der Waals surface area contributed by atoms with Crippen molar-refractivity contribution in [1.82, 2.24) is 10.6 Å². The van der Waals surface area contributed by atoms with Crippen LogP contribution in [0.3, 0.4) is 0 Å². The number of thiophene rings is 1. The van der Waals surface area contributed by atoms with E-state index in [1.807, 2.05) is 37.3 Å². The lowest BCUT2D eigenvalue weighted by Gasteiger charge is -2.12. The highest BCUT2D eigenvalue weighted by atomic mass is 127. The van der Waals surface area contributed by atoms with Gasteiger partial charge in [0.2, 0.25) is 0 Å². The van der Waals surface area contributed by atoms with E-state index in [0.717, 1.165) is 31.2 Å². The number of hydrogen-bond donors (Lipinski definition) is 2. The van der Waals surface area contributed by atoms with Crippen molar-refractivity contribution >= 4 is 41.3 Å². The number of halogens is 1. The molecule has 0 radical (unpaired) electrons. The molecule has 0 atom stereocenters. The van der Waals surface area contributed by atoms with E-state index in [1.54, 1.807) is 7.05 Å². The number of guanidine groups is 1. The number of aryl methyl sites for hydroxylation is 1. The highest BCUT2D eigenvalue weighted by Gasteiger charge is 2.01. The van der Waals surface area contributed by atoms with Crippen LogP contribution in [0.2, 0.25) is 0 Å². The quantitative estimate of drug-likeness (QED) is 0.357. The van der Waals surface area contributed by atoms with Crippen LogP contribution in [0.4, 0.5) is 0 Å². The maximum atomic E-state index is 5.66. The molecule has 1 aromatic heterocycles. The average molecular weight is 473 g/mol. The number of nitrogens with one attached hydrogen (secondary N) is 2. The summed E-state index contributed by atoms with van der Waals surface area (Å²) in [5, 5.41) is 6.70. The molecule has 25 heavy (non-hydrogen) atoms. The van der Waals surface area contributed by atoms with Gasteiger partial charge in [-0.3, -0.25) is 4.99 Å². The second kappa shape index (κ2) is 11.4. The Morgan fingerprint density at radius 3 is 2.40 bits per heavy atom. The van der Waals surface area contributed by atoms with E-state index in [9.17, 15) is 0 Å². The molecule has 2 aromatic rings. The van der Waals surface area contributed by atoms with Crippen LogP contribution in [0.5, 0.6) is 5.75 Å². The van der Waals surface area contributed by atoms with E-state index >= 15 is 0 Å². The van der Waals surface area contributed by atoms with Gasteiger partial charge in [-0.05, 0) is 57.0 Å². The molecule has 138 valence electrons. The van der Waals surface area contributed by atoms with Crippen molar-refractivity contribution in [2.45, 2.75) is 39.8 Å². The van der Waals surface area contributed by atoms with Crippen molar-refractivity contribution in [3.63, 3.8) is 0 Å². The third-order valence-electron chi connectivity index (χ3n) is 3.45. The highest BCUT2D eigenvalue weighted by Crippen LogP contribution is 2.15. The summed E-state index contributed by atoms with van der Waals surface area (Å²) in [7, 11) is 1.80. The summed E-state index contributed by atoms with van der Waals surface area (Å²) in [6.07, 6.45) is 1.15. The molecule has 0 unspecified atom stereocenters. The predicted molar refractivity (Wildman–Crippen MR) is 119 cm³/mol. The molecule has 0 aliphatic carbocycles. The van der Waals surface area contributed by atoms with E-state index in [2.05, 4.69) is 46.8 Å². The Bertz CT molecular complexity index is 653. The number of benzene rings is 1. The van der Waals surface area contributed by atoms with Crippen LogP contribution in [0.15, 0.2) is 41.4 Å². The standard InChI is InChI=1S/C19H27N3OS.HI/c1-14(2)23-17-8-6-16(7-9-17)11-12-21-19(20-4)22-13-18-10-5-15(3)24-18;/h5-10,14H,11-13H2,1-4H3,(H2,20,21,22);1H. The fourth-order valence-electron chi connectivity index (χ4n) is 2.30. The average Bonchev–Trinajstić information content (AvgIpc) is 2.97. The second-order valence-corrected chi connectivity index (χ2v) is 7.30. The first-order valence-electron chi connectivity index (χ1n) is 8.32. The van der Waals surface area contributed by atoms with Crippen LogP contribution < -0.4 is 15.4 Å². The van der Waals surface area contributed by atoms with Gasteiger partial charge in [-0.1, -0.05) is 12.1 Å². The number of rotatable bonds is 7. The van der Waals surface area contributed by atoms with Crippen LogP contribution in [0, 0.1) is 6.92 Å². The fourth-order valence-corrected chi connectivity index (χ4v) is 3.13. The lowest BCUT2D eigenvalue weighted by atomic mass is 10.1. The minimum Gasteiger partial charge on any atom is -0.491 e. The number of hydrogen-bond acceptors (Lipinski definition) is 3. The summed E-state index contributed by atoms with van der Waals surface area (Å²) in [5.74, 6) is 1.76. The first-order valence-corrected chi connectivity index (χ1v) is 9.14. The van der Waals surface area contributed by atoms with Gasteiger partial charge in [-0.15, -0.1) is 35.3 Å². The lowest BCUT2D eigenvalue weighted by Crippen LogP contribution is -2.37. The van der Waals surface area contributed by atoms with Crippen molar-refractivity contribution in [1.29, 1.82) is 0 Å². The zero-order valence-electron chi connectivity index (χ0n) is 15.3. The van der Waals surface area contributed by atoms with Crippen molar-refractivity contribution in [3.8, 4) is 5.75 Å². The van der Waals surface area contributed by atoms with Crippen LogP contribution in [0.1, 0.15) is 29.2 Å². The molecule has 0 bridgehead atoms. The van der Waals surface area contributed by atoms with Gasteiger partial charge < -0.3 is 15.4 Å². The Morgan fingerprint density at radius 1 is 1.12 bits per heavy atom. The van der Waals surface area contributed by atoms with Crippen LogP contribution in [0.25, 0.3) is 0 Å². The van der Waals surface area contributed by atoms with Gasteiger partial charge in [0.15, 0.2) is 5.96 Å². The molecule has 2 N–H and O–H groups in total. The third kappa shape index (κ3) is 8.09. The summed E-state index contributed by atoms with van der Waals surface area (Å²) < 4.78 is 5.66. The Balaban J connectivity index is 0.00000312. The molecule has 0 fully saturated rings. The minimum absolute atomic E-state index is 0. The fraction of sp³-hybridized carbons (Fsp3) is 0.421. The topological polar surface area (TPSA) is 45.7 Å². The summed E-state index contributed by atoms with van der Waals surface area (Å²) >= 11 is 1.81. The van der Waals surface area contributed by atoms with Gasteiger partial charge in [0, 0.05) is 23.3 Å². The van der Waals surface area contributed by atoms with Gasteiger partial charge >= 0.3 is 0 Å². The van der Waals surface area contributed by atoms with Crippen molar-refractivity contribution < 1.29 is 4.74 Å². The molecule has 0 saturated carbocycles. The zero-order chi connectivity index (χ0) is 17.4. The molecular formula is C19H28IN3OS. The maximum absolute atomic E-state index is 5.66. The molecule has 1 heterocycles. The SMILES string of the molecule is CN=C(NCCc1ccc(OC(C)C)cc1)NCc1ccc(C)s1.I. The second-order valence-electron chi connectivity index (χ2n) is 5.93. The summed E-state index contributed by atoms with van der Waals surface area (Å²) in [5.41, 5.74) is 1.28. The van der Waals surface area contributed by atoms with Crippen molar-refractivity contribution in [2.24, 2.45) is 4.99 Å². The van der Waals surface area contributed by atoms with Crippen molar-refractivity contribution in [3.05, 3.63) is 51.7 Å². The molecule has 1 aromatic carbocycles. The van der Waals surface area contributed by atoms with Crippen LogP contribution in [-0.2, 0) is 13.0 Å². The molecule has 0 aliphatic rings. The summed E-state index contributed by atoms with van der Waals surface area (Å²) in [4.78, 5) is 6.92. The Kier molecular flexibility index (Phi) is 9.89. The van der Waals surface area contributed by atoms with E-state index < -0.39 is 0 Å². The van der Waals surface area contributed by atoms with E-state index in [1.165, 1.54) is 15.3 Å². The number of nitrogens with zero attached hydrogens (tertiary/aromatic N) is 1. The first kappa shape index (κ1) is 21.8. The monoisotopic (exact) mass is 473 g/mol. The van der Waals surface area contributed by atoms with Gasteiger partial charge in [0.05, 0.1) is 12.6 Å². The maximum Gasteiger partial charge on any atom is 0.191 e. The zero-order valence-corrected chi connectivity index (χ0v) is 18.5. The van der Waals surface area contributed by atoms with E-state index in [0.29, 0.717) is 0 Å². The van der Waals surface area contributed by atoms with Gasteiger partial charge in [-0.2, -0.15) is 0 Å². The molecule has 0 amide bonds. The van der Waals surface area contributed by atoms with Gasteiger partial charge in [0.1, 0.15) is 5.75 Å². The first-order chi connectivity index (χ1) is 11.6. The number of aliphatic imine (C=N–C) groups is 1. The molecule has 4 nitrogen and oxygen atoms in total. The Hall–Kier alpha value is -1.28. The highest BCUT2D eigenvalue weighted by molar-refractivity contribution is 14.0. The largest absolute Gasteiger partial charge is 0.491 e. The summed E-state index contributed by atoms with van der Waals surface area (Å²) in [6.45, 7) is 7.84.